The number of imidazole rings is 1. The summed E-state index contributed by atoms with van der Waals surface area (Å²) in [6.07, 6.45) is 1.58. The van der Waals surface area contributed by atoms with E-state index in [0.717, 1.165) is 37.1 Å². The molecular weight excluding hydrogens is 636 g/mol. The summed E-state index contributed by atoms with van der Waals surface area (Å²) in [6.45, 7) is 5.12. The van der Waals surface area contributed by atoms with E-state index in [0.29, 0.717) is 49.0 Å². The summed E-state index contributed by atoms with van der Waals surface area (Å²) in [7, 11) is 0. The van der Waals surface area contributed by atoms with Crippen molar-refractivity contribution >= 4 is 34.9 Å². The molecule has 14 heteroatoms. The van der Waals surface area contributed by atoms with Crippen LogP contribution in [-0.2, 0) is 4.79 Å². The van der Waals surface area contributed by atoms with Crippen LogP contribution in [0.4, 0.5) is 16.6 Å². The number of hydrogen-bond donors (Lipinski definition) is 7. The van der Waals surface area contributed by atoms with Crippen molar-refractivity contribution in [2.45, 2.75) is 74.9 Å². The lowest BCUT2D eigenvalue weighted by Crippen LogP contribution is -2.47. The summed E-state index contributed by atoms with van der Waals surface area (Å²) in [6, 6.07) is 19.3. The Morgan fingerprint density at radius 2 is 1.66 bits per heavy atom. The average Bonchev–Trinajstić information content (AvgIpc) is 3.95. The van der Waals surface area contributed by atoms with E-state index in [1.807, 2.05) is 36.4 Å². The number of carbonyl (C=O) groups excluding carboxylic acids is 2. The molecule has 14 nitrogen and oxygen atoms in total. The first-order chi connectivity index (χ1) is 24.4. The zero-order chi connectivity index (χ0) is 34.6. The molecule has 3 fully saturated rings. The Morgan fingerprint density at radius 3 is 2.34 bits per heavy atom. The van der Waals surface area contributed by atoms with Gasteiger partial charge >= 0.3 is 6.03 Å². The molecular formula is C36H46N10O4. The van der Waals surface area contributed by atoms with Gasteiger partial charge in [-0.25, -0.2) is 9.78 Å². The SMILES string of the molecule is CCC(=O)N[C@H]1C[C@@H](n2cnc3c(NCC(c4ccccc4)c4ccccc4)nc(N4CC[C@@H](NC(=O)NC5CCNC5)C4)nc32)[C@H](O)[C@@H]1O. The Bertz CT molecular complexity index is 1730. The van der Waals surface area contributed by atoms with Gasteiger partial charge in [0.1, 0.15) is 12.2 Å². The highest BCUT2D eigenvalue weighted by molar-refractivity contribution is 5.85. The van der Waals surface area contributed by atoms with Crippen LogP contribution in [0.5, 0.6) is 0 Å². The van der Waals surface area contributed by atoms with E-state index >= 15 is 0 Å². The average molecular weight is 683 g/mol. The number of amides is 3. The van der Waals surface area contributed by atoms with Gasteiger partial charge in [-0.15, -0.1) is 0 Å². The second-order valence-corrected chi connectivity index (χ2v) is 13.5. The number of urea groups is 1. The molecule has 3 aliphatic rings. The molecule has 0 radical (unpaired) electrons. The predicted octanol–water partition coefficient (Wildman–Crippen LogP) is 1.87. The normalized spacial score (nSPS) is 24.9. The number of anilines is 2. The molecule has 2 aromatic carbocycles. The van der Waals surface area contributed by atoms with Gasteiger partial charge in [-0.05, 0) is 36.9 Å². The van der Waals surface area contributed by atoms with Crippen LogP contribution < -0.4 is 31.5 Å². The second-order valence-electron chi connectivity index (χ2n) is 13.5. The van der Waals surface area contributed by atoms with Crippen molar-refractivity contribution in [3.8, 4) is 0 Å². The Hall–Kier alpha value is -4.79. The zero-order valence-electron chi connectivity index (χ0n) is 28.2. The summed E-state index contributed by atoms with van der Waals surface area (Å²) in [5.74, 6) is 0.862. The van der Waals surface area contributed by atoms with Gasteiger partial charge in [0.05, 0.1) is 18.4 Å². The van der Waals surface area contributed by atoms with Crippen LogP contribution in [0.3, 0.4) is 0 Å². The Labute approximate surface area is 291 Å². The number of nitrogens with one attached hydrogen (secondary N) is 5. The fraction of sp³-hybridized carbons (Fsp3) is 0.472. The van der Waals surface area contributed by atoms with E-state index < -0.39 is 24.3 Å². The standard InChI is InChI=1S/C36H46N10O4/c1-2-29(47)42-27-17-28(32(49)31(27)48)46-21-39-30-33(38-19-26(22-9-5-3-6-10-22)23-11-7-4-8-12-23)43-35(44-34(30)46)45-16-14-25(20-45)41-36(50)40-24-13-15-37-18-24/h3-12,21,24-28,31-32,37,48-49H,2,13-20H2,1H3,(H,42,47)(H,38,43,44)(H2,40,41,50)/t24?,25-,27+,28-,31-,32+/m1/s1. The summed E-state index contributed by atoms with van der Waals surface area (Å²) in [5.41, 5.74) is 3.36. The van der Waals surface area contributed by atoms with Crippen LogP contribution in [0, 0.1) is 0 Å². The number of benzene rings is 2. The second kappa shape index (κ2) is 15.0. The number of hydrogen-bond acceptors (Lipinski definition) is 10. The molecule has 1 aliphatic carbocycles. The van der Waals surface area contributed by atoms with E-state index in [9.17, 15) is 19.8 Å². The van der Waals surface area contributed by atoms with Gasteiger partial charge in [-0.2, -0.15) is 9.97 Å². The van der Waals surface area contributed by atoms with E-state index in [1.54, 1.807) is 17.8 Å². The molecule has 50 heavy (non-hydrogen) atoms. The zero-order valence-corrected chi connectivity index (χ0v) is 28.2. The molecule has 6 atom stereocenters. The first-order valence-electron chi connectivity index (χ1n) is 17.6. The van der Waals surface area contributed by atoms with Crippen molar-refractivity contribution in [1.29, 1.82) is 0 Å². The van der Waals surface area contributed by atoms with E-state index in [1.165, 1.54) is 0 Å². The lowest BCUT2D eigenvalue weighted by atomic mass is 9.91. The maximum absolute atomic E-state index is 12.7. The van der Waals surface area contributed by atoms with Crippen molar-refractivity contribution in [3.05, 3.63) is 78.1 Å². The van der Waals surface area contributed by atoms with Gasteiger partial charge in [0.2, 0.25) is 11.9 Å². The van der Waals surface area contributed by atoms with Crippen LogP contribution in [0.1, 0.15) is 55.7 Å². The molecule has 3 amide bonds. The lowest BCUT2D eigenvalue weighted by Gasteiger charge is -2.22. The molecule has 4 aromatic rings. The third-order valence-corrected chi connectivity index (χ3v) is 10.2. The van der Waals surface area contributed by atoms with Gasteiger partial charge in [0.15, 0.2) is 17.0 Å². The van der Waals surface area contributed by atoms with Gasteiger partial charge in [0, 0.05) is 50.6 Å². The van der Waals surface area contributed by atoms with E-state index in [4.69, 9.17) is 15.0 Å². The van der Waals surface area contributed by atoms with Gasteiger partial charge in [-0.3, -0.25) is 4.79 Å². The van der Waals surface area contributed by atoms with Crippen molar-refractivity contribution < 1.29 is 19.8 Å². The minimum atomic E-state index is -1.14. The van der Waals surface area contributed by atoms with Gasteiger partial charge < -0.3 is 46.3 Å². The lowest BCUT2D eigenvalue weighted by molar-refractivity contribution is -0.122. The van der Waals surface area contributed by atoms with Crippen molar-refractivity contribution in [3.63, 3.8) is 0 Å². The van der Waals surface area contributed by atoms with E-state index in [-0.39, 0.29) is 36.4 Å². The number of carbonyl (C=O) groups is 2. The highest BCUT2D eigenvalue weighted by Crippen LogP contribution is 2.35. The predicted molar refractivity (Wildman–Crippen MR) is 190 cm³/mol. The number of nitrogens with zero attached hydrogens (tertiary/aromatic N) is 5. The molecule has 7 rings (SSSR count). The van der Waals surface area contributed by atoms with Crippen LogP contribution in [-0.4, -0.2) is 105 Å². The molecule has 2 aliphatic heterocycles. The molecule has 264 valence electrons. The number of rotatable bonds is 11. The monoisotopic (exact) mass is 682 g/mol. The smallest absolute Gasteiger partial charge is 0.315 e. The topological polar surface area (TPSA) is 182 Å². The minimum Gasteiger partial charge on any atom is -0.388 e. The fourth-order valence-corrected chi connectivity index (χ4v) is 7.40. The largest absolute Gasteiger partial charge is 0.388 e. The first kappa shape index (κ1) is 33.7. The van der Waals surface area contributed by atoms with Crippen LogP contribution in [0.2, 0.25) is 0 Å². The van der Waals surface area contributed by atoms with Crippen molar-refractivity contribution in [1.82, 2.24) is 40.8 Å². The maximum atomic E-state index is 12.7. The van der Waals surface area contributed by atoms with Crippen molar-refractivity contribution in [2.75, 3.05) is 42.9 Å². The van der Waals surface area contributed by atoms with E-state index in [2.05, 4.69) is 55.7 Å². The third kappa shape index (κ3) is 7.23. The molecule has 2 saturated heterocycles. The fourth-order valence-electron chi connectivity index (χ4n) is 7.40. The van der Waals surface area contributed by atoms with Gasteiger partial charge in [0.25, 0.3) is 0 Å². The summed E-state index contributed by atoms with van der Waals surface area (Å²) < 4.78 is 1.79. The van der Waals surface area contributed by atoms with Crippen LogP contribution in [0.15, 0.2) is 67.0 Å². The number of aliphatic hydroxyl groups is 2. The molecule has 1 unspecified atom stereocenters. The number of aliphatic hydroxyl groups excluding tert-OH is 2. The quantitative estimate of drug-likeness (QED) is 0.123. The minimum absolute atomic E-state index is 0.0247. The summed E-state index contributed by atoms with van der Waals surface area (Å²) in [5, 5.41) is 37.9. The van der Waals surface area contributed by atoms with Crippen LogP contribution in [0.25, 0.3) is 11.2 Å². The molecule has 4 heterocycles. The highest BCUT2D eigenvalue weighted by atomic mass is 16.3. The Balaban J connectivity index is 1.18. The summed E-state index contributed by atoms with van der Waals surface area (Å²) >= 11 is 0. The van der Waals surface area contributed by atoms with Crippen LogP contribution >= 0.6 is 0 Å². The maximum Gasteiger partial charge on any atom is 0.315 e. The molecule has 0 spiro atoms. The molecule has 7 N–H and O–H groups in total. The first-order valence-corrected chi connectivity index (χ1v) is 17.6. The summed E-state index contributed by atoms with van der Waals surface area (Å²) in [4.78, 5) is 41.7. The third-order valence-electron chi connectivity index (χ3n) is 10.2. The van der Waals surface area contributed by atoms with Crippen molar-refractivity contribution in [2.24, 2.45) is 0 Å². The Morgan fingerprint density at radius 1 is 0.940 bits per heavy atom. The highest BCUT2D eigenvalue weighted by Gasteiger charge is 2.44. The molecule has 0 bridgehead atoms. The molecule has 1 saturated carbocycles. The van der Waals surface area contributed by atoms with Gasteiger partial charge in [-0.1, -0.05) is 67.6 Å². The molecule has 2 aromatic heterocycles. The number of aromatic nitrogens is 4. The number of fused-ring (bicyclic) bond motifs is 1. The Kier molecular flexibility index (Phi) is 10.1.